The molecule has 3 aliphatic heterocycles. The van der Waals surface area contributed by atoms with Crippen LogP contribution >= 0.6 is 0 Å². The van der Waals surface area contributed by atoms with Gasteiger partial charge in [-0.2, -0.15) is 0 Å². The maximum atomic E-state index is 12.1. The number of aromatic carboxylic acids is 1. The number of benzene rings is 1. The van der Waals surface area contributed by atoms with Crippen molar-refractivity contribution in [2.24, 2.45) is 0 Å². The first-order chi connectivity index (χ1) is 13.8. The maximum absolute atomic E-state index is 12.1. The zero-order valence-electron chi connectivity index (χ0n) is 16.6. The molecule has 0 saturated carbocycles. The molecule has 2 saturated heterocycles. The van der Waals surface area contributed by atoms with Gasteiger partial charge in [-0.05, 0) is 30.8 Å². The number of ether oxygens (including phenoxy) is 1. The second kappa shape index (κ2) is 7.85. The van der Waals surface area contributed by atoms with Gasteiger partial charge in [0.05, 0.1) is 6.04 Å². The van der Waals surface area contributed by atoms with Gasteiger partial charge in [0.25, 0.3) is 0 Å². The first-order valence-corrected chi connectivity index (χ1v) is 9.92. The summed E-state index contributed by atoms with van der Waals surface area (Å²) in [4.78, 5) is 27.8. The molecule has 156 valence electrons. The second-order valence-electron chi connectivity index (χ2n) is 8.12. The molecule has 3 aliphatic rings. The van der Waals surface area contributed by atoms with Gasteiger partial charge < -0.3 is 29.7 Å². The average molecular weight is 403 g/mol. The minimum Gasteiger partial charge on any atom is -0.535 e. The predicted molar refractivity (Wildman–Crippen MR) is 105 cm³/mol. The summed E-state index contributed by atoms with van der Waals surface area (Å²) in [6.45, 7) is 2.10. The number of aryl methyl sites for hydroxylation is 1. The number of carbonyl (C=O) groups is 2. The molecule has 0 unspecified atom stereocenters. The molecule has 0 radical (unpaired) electrons. The van der Waals surface area contributed by atoms with Gasteiger partial charge >= 0.3 is 13.1 Å². The van der Waals surface area contributed by atoms with Crippen LogP contribution in [0, 0.1) is 0 Å². The normalized spacial score (nSPS) is 24.4. The molecule has 9 nitrogen and oxygen atoms in total. The van der Waals surface area contributed by atoms with Crippen LogP contribution in [0.15, 0.2) is 12.1 Å². The molecule has 0 spiro atoms. The monoisotopic (exact) mass is 403 g/mol. The van der Waals surface area contributed by atoms with E-state index in [4.69, 9.17) is 9.39 Å². The van der Waals surface area contributed by atoms with Crippen LogP contribution in [0.1, 0.15) is 22.3 Å². The van der Waals surface area contributed by atoms with Gasteiger partial charge in [0.15, 0.2) is 0 Å². The summed E-state index contributed by atoms with van der Waals surface area (Å²) in [5.41, 5.74) is 0.739. The molecule has 0 bridgehead atoms. The molecular weight excluding hydrogens is 377 g/mol. The molecule has 0 aliphatic carbocycles. The van der Waals surface area contributed by atoms with Gasteiger partial charge in [-0.3, -0.25) is 9.69 Å². The highest BCUT2D eigenvalue weighted by molar-refractivity contribution is 6.44. The highest BCUT2D eigenvalue weighted by atomic mass is 16.5. The Morgan fingerprint density at radius 1 is 1.34 bits per heavy atom. The van der Waals surface area contributed by atoms with Crippen LogP contribution in [-0.2, 0) is 11.2 Å². The number of fused-ring (bicyclic) bond motifs is 1. The first-order valence-electron chi connectivity index (χ1n) is 9.92. The number of hydrogen-bond donors (Lipinski definition) is 3. The van der Waals surface area contributed by atoms with Gasteiger partial charge in [-0.1, -0.05) is 6.07 Å². The van der Waals surface area contributed by atoms with E-state index in [1.807, 2.05) is 0 Å². The number of hydrogen-bond acceptors (Lipinski definition) is 7. The molecule has 29 heavy (non-hydrogen) atoms. The van der Waals surface area contributed by atoms with E-state index in [1.54, 1.807) is 31.1 Å². The van der Waals surface area contributed by atoms with Crippen LogP contribution in [0.4, 0.5) is 0 Å². The third kappa shape index (κ3) is 3.92. The van der Waals surface area contributed by atoms with E-state index >= 15 is 0 Å². The van der Waals surface area contributed by atoms with Crippen molar-refractivity contribution in [3.8, 4) is 11.5 Å². The molecule has 3 heterocycles. The fourth-order valence-electron chi connectivity index (χ4n) is 4.23. The molecule has 1 aromatic carbocycles. The quantitative estimate of drug-likeness (QED) is 0.574. The van der Waals surface area contributed by atoms with E-state index < -0.39 is 13.1 Å². The van der Waals surface area contributed by atoms with E-state index in [-0.39, 0.29) is 41.2 Å². The van der Waals surface area contributed by atoms with Gasteiger partial charge in [0.2, 0.25) is 5.91 Å². The Hall–Kier alpha value is -2.30. The van der Waals surface area contributed by atoms with Crippen LogP contribution in [0.5, 0.6) is 11.5 Å². The predicted octanol–water partition coefficient (Wildman–Crippen LogP) is -0.318. The number of nitrogens with zero attached hydrogens (tertiary/aromatic N) is 2. The van der Waals surface area contributed by atoms with Gasteiger partial charge in [0, 0.05) is 39.8 Å². The molecule has 1 amide bonds. The highest BCUT2D eigenvalue weighted by Gasteiger charge is 2.40. The summed E-state index contributed by atoms with van der Waals surface area (Å²) in [7, 11) is 2.51. The number of likely N-dealkylation sites (N-methyl/N-ethyl adjacent to an activating group) is 1. The van der Waals surface area contributed by atoms with Crippen molar-refractivity contribution >= 4 is 19.0 Å². The van der Waals surface area contributed by atoms with Gasteiger partial charge in [-0.25, -0.2) is 4.79 Å². The van der Waals surface area contributed by atoms with Crippen LogP contribution in [0.3, 0.4) is 0 Å². The van der Waals surface area contributed by atoms with Crippen molar-refractivity contribution in [3.05, 3.63) is 23.3 Å². The molecule has 2 fully saturated rings. The van der Waals surface area contributed by atoms with E-state index in [2.05, 4.69) is 10.2 Å². The van der Waals surface area contributed by atoms with Crippen molar-refractivity contribution in [1.82, 2.24) is 15.1 Å². The number of nitrogens with one attached hydrogen (secondary N) is 1. The van der Waals surface area contributed by atoms with Crippen molar-refractivity contribution < 1.29 is 29.1 Å². The summed E-state index contributed by atoms with van der Waals surface area (Å²) in [6, 6.07) is 3.59. The Balaban J connectivity index is 1.38. The number of amides is 1. The third-order valence-corrected chi connectivity index (χ3v) is 5.86. The summed E-state index contributed by atoms with van der Waals surface area (Å²) >= 11 is 0. The highest BCUT2D eigenvalue weighted by Crippen LogP contribution is 2.37. The van der Waals surface area contributed by atoms with E-state index in [1.165, 1.54) is 0 Å². The number of likely N-dealkylation sites (tertiary alicyclic amines) is 1. The molecule has 1 aromatic rings. The number of carboxylic acid groups (broad SMARTS) is 1. The van der Waals surface area contributed by atoms with Crippen molar-refractivity contribution in [2.45, 2.75) is 37.3 Å². The average Bonchev–Trinajstić information content (AvgIpc) is 3.12. The number of rotatable bonds is 5. The SMILES string of the molecule is CN(C)C(=O)[C@@H]1C[C@H](N2CC(Oc3ccc4c(c3C(=O)O)OB(O)CC4)C2)CN1. The van der Waals surface area contributed by atoms with Crippen LogP contribution < -0.4 is 14.7 Å². The maximum Gasteiger partial charge on any atom is 0.522 e. The Morgan fingerprint density at radius 3 is 2.79 bits per heavy atom. The fourth-order valence-corrected chi connectivity index (χ4v) is 4.23. The molecule has 0 aromatic heterocycles. The third-order valence-electron chi connectivity index (χ3n) is 5.86. The molecular formula is C19H26BN3O6. The largest absolute Gasteiger partial charge is 0.535 e. The summed E-state index contributed by atoms with van der Waals surface area (Å²) in [5, 5.41) is 22.7. The minimum absolute atomic E-state index is 0.0288. The van der Waals surface area contributed by atoms with Crippen molar-refractivity contribution in [3.63, 3.8) is 0 Å². The standard InChI is InChI=1S/C19H26BN3O6/c1-22(2)18(24)14-7-12(8-21-14)23-9-13(10-23)28-15-4-3-11-5-6-20(27)29-17(11)16(15)19(25)26/h3-4,12-14,21,27H,5-10H2,1-2H3,(H,25,26)/t12-,14-/m0/s1. The van der Waals surface area contributed by atoms with E-state index in [0.29, 0.717) is 25.8 Å². The fraction of sp³-hybridized carbons (Fsp3) is 0.579. The van der Waals surface area contributed by atoms with E-state index in [0.717, 1.165) is 18.5 Å². The Labute approximate surface area is 169 Å². The summed E-state index contributed by atoms with van der Waals surface area (Å²) in [6.07, 6.45) is 1.64. The molecule has 3 N–H and O–H groups in total. The Kier molecular flexibility index (Phi) is 5.41. The lowest BCUT2D eigenvalue weighted by molar-refractivity contribution is -0.130. The van der Waals surface area contributed by atoms with E-state index in [9.17, 15) is 19.7 Å². The summed E-state index contributed by atoms with van der Waals surface area (Å²) in [5.74, 6) is -0.578. The van der Waals surface area contributed by atoms with Gasteiger partial charge in [0.1, 0.15) is 23.2 Å². The smallest absolute Gasteiger partial charge is 0.522 e. The lowest BCUT2D eigenvalue weighted by Crippen LogP contribution is -2.58. The minimum atomic E-state index is -1.13. The first kappa shape index (κ1) is 20.0. The van der Waals surface area contributed by atoms with Crippen molar-refractivity contribution in [2.75, 3.05) is 33.7 Å². The molecule has 4 rings (SSSR count). The topological polar surface area (TPSA) is 112 Å². The lowest BCUT2D eigenvalue weighted by atomic mass is 9.78. The van der Waals surface area contributed by atoms with Crippen LogP contribution in [0.25, 0.3) is 0 Å². The van der Waals surface area contributed by atoms with Crippen LogP contribution in [0.2, 0.25) is 6.32 Å². The van der Waals surface area contributed by atoms with Gasteiger partial charge in [-0.15, -0.1) is 0 Å². The zero-order valence-corrected chi connectivity index (χ0v) is 16.6. The zero-order chi connectivity index (χ0) is 20.7. The number of carbonyl (C=O) groups excluding carboxylic acids is 1. The van der Waals surface area contributed by atoms with Crippen LogP contribution in [-0.4, -0.2) is 90.8 Å². The van der Waals surface area contributed by atoms with Crippen molar-refractivity contribution in [1.29, 1.82) is 0 Å². The molecule has 10 heteroatoms. The second-order valence-corrected chi connectivity index (χ2v) is 8.12. The Bertz CT molecular complexity index is 813. The molecule has 2 atom stereocenters. The lowest BCUT2D eigenvalue weighted by Gasteiger charge is -2.42. The number of carboxylic acids is 1. The Morgan fingerprint density at radius 2 is 2.10 bits per heavy atom. The summed E-state index contributed by atoms with van der Waals surface area (Å²) < 4.78 is 11.4.